The fraction of sp³-hybridized carbons (Fsp3) is 0.419. The molecule has 57 heavy (non-hydrogen) atoms. The summed E-state index contributed by atoms with van der Waals surface area (Å²) in [6.07, 6.45) is 1.66. The van der Waals surface area contributed by atoms with Crippen molar-refractivity contribution in [3.63, 3.8) is 0 Å². The highest BCUT2D eigenvalue weighted by atomic mass is 35.5. The predicted octanol–water partition coefficient (Wildman–Crippen LogP) is 7.93. The number of hydrogen-bond donors (Lipinski definition) is 2. The van der Waals surface area contributed by atoms with Crippen molar-refractivity contribution in [2.24, 2.45) is 13.0 Å². The molecule has 1 saturated heterocycles. The van der Waals surface area contributed by atoms with Gasteiger partial charge in [-0.05, 0) is 93.5 Å². The van der Waals surface area contributed by atoms with Gasteiger partial charge >= 0.3 is 5.97 Å². The van der Waals surface area contributed by atoms with Gasteiger partial charge in [-0.15, -0.1) is 0 Å². The third kappa shape index (κ3) is 9.07. The average molecular weight is 817 g/mol. The summed E-state index contributed by atoms with van der Waals surface area (Å²) in [4.78, 5) is 52.0. The minimum absolute atomic E-state index is 0.0468. The fourth-order valence-electron chi connectivity index (χ4n) is 7.54. The van der Waals surface area contributed by atoms with Crippen LogP contribution in [0.5, 0.6) is 5.75 Å². The van der Waals surface area contributed by atoms with E-state index in [2.05, 4.69) is 20.3 Å². The molecule has 6 rings (SSSR count). The third-order valence-corrected chi connectivity index (χ3v) is 11.4. The quantitative estimate of drug-likeness (QED) is 0.0905. The van der Waals surface area contributed by atoms with E-state index in [-0.39, 0.29) is 24.3 Å². The summed E-state index contributed by atoms with van der Waals surface area (Å²) >= 11 is 13.3. The molecule has 1 fully saturated rings. The number of nitrogens with zero attached hydrogens (tertiary/aromatic N) is 5. The zero-order chi connectivity index (χ0) is 41.1. The number of halogens is 2. The number of nitrogens with one attached hydrogen (secondary N) is 2. The smallest absolute Gasteiger partial charge is 0.338 e. The molecule has 2 aromatic carbocycles. The number of aromatic amines is 1. The summed E-state index contributed by atoms with van der Waals surface area (Å²) in [5.74, 6) is 0.898. The number of amides is 2. The van der Waals surface area contributed by atoms with Gasteiger partial charge in [0.2, 0.25) is 5.91 Å². The standard InChI is InChI=1S/C43H51Cl2N7O5/c1-24(2)18-36(53)52-15-13-51(14-16-52)35-22-29(43(55)56-8)21-30(47-35)23-46-42(54)41-32(10-9-17-57-31-19-25(3)39(45)26(4)20-31)33-11-12-34(44)38(40(33)48-41)37-27(5)49-50(7)28(37)6/h11-12,19-22,24,48H,9-10,13-18,23H2,1-8H3,(H,46,54). The summed E-state index contributed by atoms with van der Waals surface area (Å²) in [5, 5.41) is 9.83. The molecule has 0 bridgehead atoms. The first-order chi connectivity index (χ1) is 27.2. The Kier molecular flexibility index (Phi) is 12.8. The minimum Gasteiger partial charge on any atom is -0.494 e. The maximum atomic E-state index is 14.3. The van der Waals surface area contributed by atoms with Crippen molar-refractivity contribution in [3.8, 4) is 16.9 Å². The van der Waals surface area contributed by atoms with Crippen LogP contribution in [0, 0.1) is 33.6 Å². The molecular weight excluding hydrogens is 765 g/mol. The lowest BCUT2D eigenvalue weighted by Crippen LogP contribution is -2.49. The number of piperazine rings is 1. The monoisotopic (exact) mass is 815 g/mol. The normalized spacial score (nSPS) is 13.1. The first kappa shape index (κ1) is 41.6. The SMILES string of the molecule is COC(=O)c1cc(CNC(=O)c2[nH]c3c(-c4c(C)nn(C)c4C)c(Cl)ccc3c2CCCOc2cc(C)c(Cl)c(C)c2)nc(N2CCN(C(=O)CC(C)C)CC2)c1. The molecule has 5 aromatic rings. The second-order valence-electron chi connectivity index (χ2n) is 15.2. The zero-order valence-electron chi connectivity index (χ0n) is 33.9. The zero-order valence-corrected chi connectivity index (χ0v) is 35.5. The molecule has 0 radical (unpaired) electrons. The second-order valence-corrected chi connectivity index (χ2v) is 15.9. The number of esters is 1. The topological polar surface area (TPSA) is 135 Å². The number of rotatable bonds is 13. The van der Waals surface area contributed by atoms with E-state index in [1.54, 1.807) is 12.1 Å². The van der Waals surface area contributed by atoms with E-state index in [0.29, 0.717) is 79.8 Å². The van der Waals surface area contributed by atoms with Crippen molar-refractivity contribution in [1.82, 2.24) is 30.0 Å². The maximum absolute atomic E-state index is 14.3. The average Bonchev–Trinajstić information content (AvgIpc) is 3.68. The summed E-state index contributed by atoms with van der Waals surface area (Å²) < 4.78 is 13.0. The van der Waals surface area contributed by atoms with Crippen LogP contribution in [-0.4, -0.2) is 82.3 Å². The molecule has 12 nitrogen and oxygen atoms in total. The van der Waals surface area contributed by atoms with Gasteiger partial charge in [0.25, 0.3) is 5.91 Å². The maximum Gasteiger partial charge on any atom is 0.338 e. The van der Waals surface area contributed by atoms with Crippen molar-refractivity contribution in [2.75, 3.05) is 44.8 Å². The molecule has 0 atom stereocenters. The van der Waals surface area contributed by atoms with Crippen LogP contribution in [0.15, 0.2) is 36.4 Å². The Labute approximate surface area is 343 Å². The number of carbonyl (C=O) groups is 3. The molecule has 4 heterocycles. The molecule has 1 aliphatic rings. The number of aryl methyl sites for hydroxylation is 5. The van der Waals surface area contributed by atoms with Gasteiger partial charge < -0.3 is 29.6 Å². The Balaban J connectivity index is 1.28. The highest BCUT2D eigenvalue weighted by Gasteiger charge is 2.26. The molecular formula is C43H51Cl2N7O5. The van der Waals surface area contributed by atoms with Crippen LogP contribution < -0.4 is 15.0 Å². The summed E-state index contributed by atoms with van der Waals surface area (Å²) in [7, 11) is 3.23. The minimum atomic E-state index is -0.508. The Hall–Kier alpha value is -5.07. The highest BCUT2D eigenvalue weighted by Crippen LogP contribution is 2.40. The lowest BCUT2D eigenvalue weighted by molar-refractivity contribution is -0.132. The number of pyridine rings is 1. The van der Waals surface area contributed by atoms with Gasteiger partial charge in [-0.25, -0.2) is 9.78 Å². The molecule has 0 aliphatic carbocycles. The number of hydrogen-bond acceptors (Lipinski definition) is 8. The number of aromatic nitrogens is 4. The largest absolute Gasteiger partial charge is 0.494 e. The fourth-order valence-corrected chi connectivity index (χ4v) is 7.90. The van der Waals surface area contributed by atoms with Crippen LogP contribution in [0.2, 0.25) is 10.0 Å². The number of ether oxygens (including phenoxy) is 2. The molecule has 302 valence electrons. The number of anilines is 1. The van der Waals surface area contributed by atoms with Crippen LogP contribution in [0.3, 0.4) is 0 Å². The van der Waals surface area contributed by atoms with Crippen LogP contribution in [0.25, 0.3) is 22.0 Å². The van der Waals surface area contributed by atoms with Gasteiger partial charge in [0.05, 0.1) is 47.8 Å². The molecule has 1 aliphatic heterocycles. The van der Waals surface area contributed by atoms with Crippen LogP contribution in [0.1, 0.15) is 81.3 Å². The highest BCUT2D eigenvalue weighted by molar-refractivity contribution is 6.35. The number of methoxy groups -OCH3 is 1. The van der Waals surface area contributed by atoms with E-state index in [4.69, 9.17) is 37.7 Å². The van der Waals surface area contributed by atoms with Crippen molar-refractivity contribution in [3.05, 3.63) is 91.5 Å². The van der Waals surface area contributed by atoms with Crippen molar-refractivity contribution >= 4 is 57.7 Å². The summed E-state index contributed by atoms with van der Waals surface area (Å²) in [6, 6.07) is 11.0. The van der Waals surface area contributed by atoms with E-state index in [0.717, 1.165) is 60.9 Å². The van der Waals surface area contributed by atoms with Crippen molar-refractivity contribution in [1.29, 1.82) is 0 Å². The number of benzene rings is 2. The van der Waals surface area contributed by atoms with Crippen LogP contribution in [-0.2, 0) is 29.5 Å². The molecule has 14 heteroatoms. The molecule has 2 amide bonds. The summed E-state index contributed by atoms with van der Waals surface area (Å²) in [5.41, 5.74) is 8.14. The van der Waals surface area contributed by atoms with Crippen molar-refractivity contribution in [2.45, 2.75) is 67.3 Å². The number of fused-ring (bicyclic) bond motifs is 1. The third-order valence-electron chi connectivity index (χ3n) is 10.5. The lowest BCUT2D eigenvalue weighted by atomic mass is 9.98. The van der Waals surface area contributed by atoms with E-state index >= 15 is 0 Å². The van der Waals surface area contributed by atoms with E-state index in [1.807, 2.05) is 82.4 Å². The van der Waals surface area contributed by atoms with Crippen LogP contribution >= 0.6 is 23.2 Å². The van der Waals surface area contributed by atoms with Gasteiger partial charge in [-0.3, -0.25) is 14.3 Å². The number of carbonyl (C=O) groups excluding carboxylic acids is 3. The van der Waals surface area contributed by atoms with Gasteiger partial charge in [0.15, 0.2) is 0 Å². The first-order valence-corrected chi connectivity index (χ1v) is 20.1. The Bertz CT molecular complexity index is 2300. The molecule has 0 spiro atoms. The molecule has 2 N–H and O–H groups in total. The van der Waals surface area contributed by atoms with Gasteiger partial charge in [-0.1, -0.05) is 43.1 Å². The van der Waals surface area contributed by atoms with Crippen molar-refractivity contribution < 1.29 is 23.9 Å². The van der Waals surface area contributed by atoms with E-state index in [9.17, 15) is 14.4 Å². The predicted molar refractivity (Wildman–Crippen MR) is 225 cm³/mol. The molecule has 0 unspecified atom stereocenters. The Morgan fingerprint density at radius 2 is 1.67 bits per heavy atom. The van der Waals surface area contributed by atoms with Gasteiger partial charge in [-0.2, -0.15) is 5.10 Å². The molecule has 0 saturated carbocycles. The Morgan fingerprint density at radius 3 is 2.30 bits per heavy atom. The molecule has 3 aromatic heterocycles. The van der Waals surface area contributed by atoms with E-state index < -0.39 is 5.97 Å². The van der Waals surface area contributed by atoms with Gasteiger partial charge in [0, 0.05) is 66.9 Å². The summed E-state index contributed by atoms with van der Waals surface area (Å²) in [6.45, 7) is 14.6. The second kappa shape index (κ2) is 17.6. The number of H-pyrrole nitrogens is 1. The Morgan fingerprint density at radius 1 is 0.965 bits per heavy atom. The lowest BCUT2D eigenvalue weighted by Gasteiger charge is -2.36. The van der Waals surface area contributed by atoms with Crippen LogP contribution in [0.4, 0.5) is 5.82 Å². The van der Waals surface area contributed by atoms with Gasteiger partial charge in [0.1, 0.15) is 17.3 Å². The first-order valence-electron chi connectivity index (χ1n) is 19.3. The van der Waals surface area contributed by atoms with E-state index in [1.165, 1.54) is 7.11 Å².